The van der Waals surface area contributed by atoms with E-state index in [2.05, 4.69) is 47.4 Å². The van der Waals surface area contributed by atoms with E-state index in [4.69, 9.17) is 17.0 Å². The Morgan fingerprint density at radius 2 is 1.76 bits per heavy atom. The number of hydrogen-bond acceptors (Lipinski definition) is 3. The van der Waals surface area contributed by atoms with Gasteiger partial charge in [-0.3, -0.25) is 15.6 Å². The molecule has 0 bridgehead atoms. The van der Waals surface area contributed by atoms with Crippen molar-refractivity contribution in [2.24, 2.45) is 5.92 Å². The first-order chi connectivity index (χ1) is 12.1. The Hall–Kier alpha value is -2.60. The molecule has 2 aromatic carbocycles. The maximum atomic E-state index is 12.2. The van der Waals surface area contributed by atoms with Crippen molar-refractivity contribution in [1.82, 2.24) is 10.9 Å². The Morgan fingerprint density at radius 3 is 2.40 bits per heavy atom. The average molecular weight is 355 g/mol. The predicted octanol–water partition coefficient (Wildman–Crippen LogP) is 3.12. The number of rotatable bonds is 4. The second-order valence-corrected chi connectivity index (χ2v) is 6.56. The van der Waals surface area contributed by atoms with Crippen LogP contribution >= 0.6 is 12.2 Å². The lowest BCUT2D eigenvalue weighted by molar-refractivity contribution is -0.122. The summed E-state index contributed by atoms with van der Waals surface area (Å²) in [7, 11) is 1.62. The van der Waals surface area contributed by atoms with Crippen molar-refractivity contribution < 1.29 is 9.53 Å². The molecule has 5 nitrogen and oxygen atoms in total. The molecule has 130 valence electrons. The number of hydrazine groups is 1. The van der Waals surface area contributed by atoms with Gasteiger partial charge in [-0.25, -0.2) is 0 Å². The van der Waals surface area contributed by atoms with Gasteiger partial charge in [0.1, 0.15) is 5.75 Å². The van der Waals surface area contributed by atoms with E-state index in [0.717, 1.165) is 17.9 Å². The highest BCUT2D eigenvalue weighted by molar-refractivity contribution is 7.80. The first-order valence-corrected chi connectivity index (χ1v) is 8.55. The third-order valence-electron chi connectivity index (χ3n) is 4.28. The zero-order chi connectivity index (χ0) is 17.8. The molecule has 0 aliphatic heterocycles. The number of thiocarbonyl (C=S) groups is 1. The fourth-order valence-corrected chi connectivity index (χ4v) is 2.88. The normalized spacial score (nSPS) is 18.2. The molecular weight excluding hydrogens is 334 g/mol. The number of methoxy groups -OCH3 is 1. The van der Waals surface area contributed by atoms with E-state index < -0.39 is 0 Å². The third kappa shape index (κ3) is 4.48. The molecule has 3 N–H and O–H groups in total. The molecule has 1 aliphatic rings. The van der Waals surface area contributed by atoms with Gasteiger partial charge in [0.25, 0.3) is 0 Å². The molecule has 1 fully saturated rings. The molecule has 1 aliphatic carbocycles. The summed E-state index contributed by atoms with van der Waals surface area (Å²) in [6.45, 7) is 2.06. The Bertz CT molecular complexity index is 759. The predicted molar refractivity (Wildman–Crippen MR) is 103 cm³/mol. The fraction of sp³-hybridized carbons (Fsp3) is 0.263. The van der Waals surface area contributed by atoms with Crippen molar-refractivity contribution in [3.8, 4) is 5.75 Å². The monoisotopic (exact) mass is 355 g/mol. The minimum atomic E-state index is -0.0375. The van der Waals surface area contributed by atoms with Gasteiger partial charge in [0.2, 0.25) is 5.91 Å². The number of nitrogens with one attached hydrogen (secondary N) is 3. The zero-order valence-corrected chi connectivity index (χ0v) is 15.0. The number of hydrogen-bond donors (Lipinski definition) is 3. The Labute approximate surface area is 152 Å². The Morgan fingerprint density at radius 1 is 1.08 bits per heavy atom. The van der Waals surface area contributed by atoms with Crippen LogP contribution in [0.3, 0.4) is 0 Å². The van der Waals surface area contributed by atoms with Gasteiger partial charge in [0, 0.05) is 11.6 Å². The SMILES string of the molecule is COc1ccc(NC(=S)NNC(=O)[C@H]2C[C@H]2c2ccc(C)cc2)cc1. The van der Waals surface area contributed by atoms with Crippen LogP contribution in [0.4, 0.5) is 5.69 Å². The summed E-state index contributed by atoms with van der Waals surface area (Å²) in [5, 5.41) is 3.35. The lowest BCUT2D eigenvalue weighted by Gasteiger charge is -2.12. The highest BCUT2D eigenvalue weighted by atomic mass is 32.1. The highest BCUT2D eigenvalue weighted by Crippen LogP contribution is 2.47. The molecule has 0 aromatic heterocycles. The number of carbonyl (C=O) groups excluding carboxylic acids is 1. The first kappa shape index (κ1) is 17.2. The number of amides is 1. The van der Waals surface area contributed by atoms with Crippen LogP contribution in [-0.2, 0) is 4.79 Å². The molecule has 25 heavy (non-hydrogen) atoms. The van der Waals surface area contributed by atoms with Crippen molar-refractivity contribution in [1.29, 1.82) is 0 Å². The number of benzene rings is 2. The van der Waals surface area contributed by atoms with E-state index in [0.29, 0.717) is 11.0 Å². The van der Waals surface area contributed by atoms with Crippen LogP contribution in [0.2, 0.25) is 0 Å². The van der Waals surface area contributed by atoms with Crippen LogP contribution in [0.25, 0.3) is 0 Å². The smallest absolute Gasteiger partial charge is 0.242 e. The summed E-state index contributed by atoms with van der Waals surface area (Å²) in [5.74, 6) is 1.03. The van der Waals surface area contributed by atoms with Gasteiger partial charge >= 0.3 is 0 Å². The van der Waals surface area contributed by atoms with E-state index in [-0.39, 0.29) is 11.8 Å². The van der Waals surface area contributed by atoms with Gasteiger partial charge in [-0.2, -0.15) is 0 Å². The maximum absolute atomic E-state index is 12.2. The quantitative estimate of drug-likeness (QED) is 0.581. The van der Waals surface area contributed by atoms with Crippen LogP contribution in [0, 0.1) is 12.8 Å². The van der Waals surface area contributed by atoms with Gasteiger partial charge in [0.15, 0.2) is 5.11 Å². The van der Waals surface area contributed by atoms with Gasteiger partial charge in [-0.05, 0) is 61.3 Å². The number of anilines is 1. The standard InChI is InChI=1S/C19H21N3O2S/c1-12-3-5-13(6-4-12)16-11-17(16)18(23)21-22-19(25)20-14-7-9-15(24-2)10-8-14/h3-10,16-17H,11H2,1-2H3,(H,21,23)(H2,20,22,25)/t16-,17-/m0/s1. The molecule has 2 atom stereocenters. The summed E-state index contributed by atoms with van der Waals surface area (Å²) < 4.78 is 5.11. The largest absolute Gasteiger partial charge is 0.497 e. The van der Waals surface area contributed by atoms with E-state index in [1.807, 2.05) is 24.3 Å². The van der Waals surface area contributed by atoms with Gasteiger partial charge in [-0.15, -0.1) is 0 Å². The van der Waals surface area contributed by atoms with Crippen molar-refractivity contribution in [2.75, 3.05) is 12.4 Å². The lowest BCUT2D eigenvalue weighted by atomic mass is 10.1. The highest BCUT2D eigenvalue weighted by Gasteiger charge is 2.43. The lowest BCUT2D eigenvalue weighted by Crippen LogP contribution is -2.44. The number of carbonyl (C=O) groups is 1. The molecule has 2 aromatic rings. The summed E-state index contributed by atoms with van der Waals surface area (Å²) in [5.41, 5.74) is 8.69. The average Bonchev–Trinajstić information content (AvgIpc) is 3.42. The second kappa shape index (κ2) is 7.53. The van der Waals surface area contributed by atoms with Crippen LogP contribution in [0.1, 0.15) is 23.5 Å². The molecule has 0 saturated heterocycles. The number of aryl methyl sites for hydroxylation is 1. The molecule has 0 unspecified atom stereocenters. The van der Waals surface area contributed by atoms with Crippen LogP contribution < -0.4 is 20.9 Å². The number of ether oxygens (including phenoxy) is 1. The van der Waals surface area contributed by atoms with Crippen LogP contribution in [0.15, 0.2) is 48.5 Å². The Kier molecular flexibility index (Phi) is 5.19. The second-order valence-electron chi connectivity index (χ2n) is 6.16. The minimum Gasteiger partial charge on any atom is -0.497 e. The minimum absolute atomic E-state index is 0.000933. The maximum Gasteiger partial charge on any atom is 0.242 e. The summed E-state index contributed by atoms with van der Waals surface area (Å²) in [4.78, 5) is 12.2. The van der Waals surface area contributed by atoms with Crippen molar-refractivity contribution in [2.45, 2.75) is 19.3 Å². The van der Waals surface area contributed by atoms with Gasteiger partial charge < -0.3 is 10.1 Å². The van der Waals surface area contributed by atoms with Gasteiger partial charge in [-0.1, -0.05) is 29.8 Å². The molecule has 1 amide bonds. The fourth-order valence-electron chi connectivity index (χ4n) is 2.71. The van der Waals surface area contributed by atoms with E-state index >= 15 is 0 Å². The molecular formula is C19H21N3O2S. The molecule has 1 saturated carbocycles. The summed E-state index contributed by atoms with van der Waals surface area (Å²) >= 11 is 5.19. The van der Waals surface area contributed by atoms with E-state index in [1.54, 1.807) is 7.11 Å². The molecule has 6 heteroatoms. The first-order valence-electron chi connectivity index (χ1n) is 8.14. The van der Waals surface area contributed by atoms with Crippen molar-refractivity contribution in [3.05, 3.63) is 59.7 Å². The molecule has 0 radical (unpaired) electrons. The molecule has 0 heterocycles. The van der Waals surface area contributed by atoms with Crippen LogP contribution in [0.5, 0.6) is 5.75 Å². The van der Waals surface area contributed by atoms with E-state index in [1.165, 1.54) is 11.1 Å². The summed E-state index contributed by atoms with van der Waals surface area (Å²) in [6.07, 6.45) is 0.870. The van der Waals surface area contributed by atoms with Gasteiger partial charge in [0.05, 0.1) is 7.11 Å². The molecule has 0 spiro atoms. The third-order valence-corrected chi connectivity index (χ3v) is 4.48. The topological polar surface area (TPSA) is 62.4 Å². The summed E-state index contributed by atoms with van der Waals surface area (Å²) in [6, 6.07) is 15.7. The van der Waals surface area contributed by atoms with Crippen molar-refractivity contribution in [3.63, 3.8) is 0 Å². The van der Waals surface area contributed by atoms with Crippen molar-refractivity contribution >= 4 is 28.9 Å². The Balaban J connectivity index is 1.44. The zero-order valence-electron chi connectivity index (χ0n) is 14.2. The molecule has 3 rings (SSSR count). The van der Waals surface area contributed by atoms with Crippen LogP contribution in [-0.4, -0.2) is 18.1 Å². The van der Waals surface area contributed by atoms with E-state index in [9.17, 15) is 4.79 Å².